The van der Waals surface area contributed by atoms with Gasteiger partial charge < -0.3 is 4.90 Å². The number of hydrogen-bond donors (Lipinski definition) is 1. The first-order valence-electron chi connectivity index (χ1n) is 7.56. The largest absolute Gasteiger partial charge is 0.338 e. The van der Waals surface area contributed by atoms with Gasteiger partial charge in [0.2, 0.25) is 5.91 Å². The third-order valence-electron chi connectivity index (χ3n) is 4.18. The van der Waals surface area contributed by atoms with Gasteiger partial charge in [0.15, 0.2) is 0 Å². The van der Waals surface area contributed by atoms with Crippen LogP contribution < -0.4 is 0 Å². The fraction of sp³-hybridized carbons (Fsp3) is 0.412. The van der Waals surface area contributed by atoms with Crippen molar-refractivity contribution in [3.63, 3.8) is 0 Å². The summed E-state index contributed by atoms with van der Waals surface area (Å²) in [4.78, 5) is 14.3. The second-order valence-electron chi connectivity index (χ2n) is 6.06. The van der Waals surface area contributed by atoms with Crippen LogP contribution in [-0.2, 0) is 11.2 Å². The maximum atomic E-state index is 13.1. The molecule has 0 bridgehead atoms. The van der Waals surface area contributed by atoms with Gasteiger partial charge in [0, 0.05) is 12.7 Å². The molecule has 1 N–H and O–H groups in total. The van der Waals surface area contributed by atoms with E-state index in [2.05, 4.69) is 10.2 Å². The van der Waals surface area contributed by atoms with E-state index in [1.165, 1.54) is 12.1 Å². The highest BCUT2D eigenvalue weighted by Crippen LogP contribution is 2.44. The van der Waals surface area contributed by atoms with Crippen LogP contribution in [0.2, 0.25) is 0 Å². The quantitative estimate of drug-likeness (QED) is 0.923. The molecule has 1 fully saturated rings. The van der Waals surface area contributed by atoms with Crippen LogP contribution >= 0.6 is 0 Å². The van der Waals surface area contributed by atoms with Crippen molar-refractivity contribution in [3.8, 4) is 0 Å². The molecular weight excluding hydrogens is 281 g/mol. The predicted octanol–water partition coefficient (Wildman–Crippen LogP) is 3.01. The fourth-order valence-electron chi connectivity index (χ4n) is 2.88. The van der Waals surface area contributed by atoms with Crippen LogP contribution in [0.25, 0.3) is 0 Å². The number of carbonyl (C=O) groups is 1. The Hall–Kier alpha value is -2.17. The van der Waals surface area contributed by atoms with Crippen LogP contribution in [0.3, 0.4) is 0 Å². The number of aromatic amines is 1. The molecule has 1 aromatic carbocycles. The Kier molecular flexibility index (Phi) is 3.96. The Labute approximate surface area is 129 Å². The predicted molar refractivity (Wildman–Crippen MR) is 81.7 cm³/mol. The lowest BCUT2D eigenvalue weighted by molar-refractivity contribution is -0.131. The molecule has 1 aliphatic carbocycles. The average Bonchev–Trinajstić information content (AvgIpc) is 3.24. The van der Waals surface area contributed by atoms with Gasteiger partial charge in [0.05, 0.1) is 18.2 Å². The van der Waals surface area contributed by atoms with Gasteiger partial charge in [-0.3, -0.25) is 9.89 Å². The Morgan fingerprint density at radius 1 is 1.41 bits per heavy atom. The standard InChI is InChI=1S/C17H20FN3O/c1-11-9-15(20-19-11)10-16(22)21(2)17(12-3-4-12)13-5-7-14(18)8-6-13/h5-9,12,17H,3-4,10H2,1-2H3,(H,19,20)/t17-/m1/s1. The molecule has 1 saturated carbocycles. The fourth-order valence-corrected chi connectivity index (χ4v) is 2.88. The molecule has 4 nitrogen and oxygen atoms in total. The molecule has 1 aromatic heterocycles. The Bertz CT molecular complexity index is 661. The summed E-state index contributed by atoms with van der Waals surface area (Å²) in [6, 6.07) is 8.38. The van der Waals surface area contributed by atoms with E-state index in [4.69, 9.17) is 0 Å². The van der Waals surface area contributed by atoms with Crippen LogP contribution in [0.1, 0.15) is 35.8 Å². The summed E-state index contributed by atoms with van der Waals surface area (Å²) in [6.07, 6.45) is 2.51. The minimum atomic E-state index is -0.251. The summed E-state index contributed by atoms with van der Waals surface area (Å²) in [5.74, 6) is 0.257. The van der Waals surface area contributed by atoms with E-state index in [-0.39, 0.29) is 24.2 Å². The molecule has 3 rings (SSSR count). The lowest BCUT2D eigenvalue weighted by atomic mass is 10.0. The van der Waals surface area contributed by atoms with E-state index in [9.17, 15) is 9.18 Å². The van der Waals surface area contributed by atoms with Crippen molar-refractivity contribution in [3.05, 3.63) is 53.1 Å². The number of nitrogens with zero attached hydrogens (tertiary/aromatic N) is 2. The van der Waals surface area contributed by atoms with E-state index in [1.54, 1.807) is 17.0 Å². The number of benzene rings is 1. The van der Waals surface area contributed by atoms with Crippen LogP contribution in [-0.4, -0.2) is 28.1 Å². The first-order chi connectivity index (χ1) is 10.5. The van der Waals surface area contributed by atoms with Gasteiger partial charge in [-0.05, 0) is 49.4 Å². The van der Waals surface area contributed by atoms with Gasteiger partial charge in [-0.2, -0.15) is 5.10 Å². The Morgan fingerprint density at radius 3 is 2.64 bits per heavy atom. The van der Waals surface area contributed by atoms with E-state index in [0.29, 0.717) is 5.92 Å². The van der Waals surface area contributed by atoms with Crippen LogP contribution in [0.4, 0.5) is 4.39 Å². The smallest absolute Gasteiger partial charge is 0.228 e. The van der Waals surface area contributed by atoms with E-state index < -0.39 is 0 Å². The van der Waals surface area contributed by atoms with Gasteiger partial charge >= 0.3 is 0 Å². The van der Waals surface area contributed by atoms with Crippen molar-refractivity contribution in [1.82, 2.24) is 15.1 Å². The molecule has 1 aliphatic rings. The molecule has 0 saturated heterocycles. The molecule has 0 radical (unpaired) electrons. The second-order valence-corrected chi connectivity index (χ2v) is 6.06. The third kappa shape index (κ3) is 3.18. The number of halogens is 1. The molecule has 2 aromatic rings. The zero-order valence-corrected chi connectivity index (χ0v) is 12.8. The van der Waals surface area contributed by atoms with Crippen LogP contribution in [0.15, 0.2) is 30.3 Å². The molecule has 0 spiro atoms. The van der Waals surface area contributed by atoms with Crippen molar-refractivity contribution in [2.24, 2.45) is 5.92 Å². The Balaban J connectivity index is 1.76. The maximum Gasteiger partial charge on any atom is 0.228 e. The van der Waals surface area contributed by atoms with Crippen molar-refractivity contribution in [1.29, 1.82) is 0 Å². The lowest BCUT2D eigenvalue weighted by Crippen LogP contribution is -2.33. The molecule has 1 amide bonds. The van der Waals surface area contributed by atoms with Gasteiger partial charge in [0.25, 0.3) is 0 Å². The van der Waals surface area contributed by atoms with E-state index in [0.717, 1.165) is 29.8 Å². The molecule has 0 aliphatic heterocycles. The normalized spacial score (nSPS) is 15.6. The first-order valence-corrected chi connectivity index (χ1v) is 7.56. The number of hydrogen-bond acceptors (Lipinski definition) is 2. The molecule has 0 unspecified atom stereocenters. The maximum absolute atomic E-state index is 13.1. The van der Waals surface area contributed by atoms with Crippen molar-refractivity contribution in [2.45, 2.75) is 32.2 Å². The highest BCUT2D eigenvalue weighted by molar-refractivity contribution is 5.78. The van der Waals surface area contributed by atoms with Crippen LogP contribution in [0.5, 0.6) is 0 Å². The zero-order chi connectivity index (χ0) is 15.7. The first kappa shape index (κ1) is 14.8. The average molecular weight is 301 g/mol. The van der Waals surface area contributed by atoms with Crippen molar-refractivity contribution in [2.75, 3.05) is 7.05 Å². The number of rotatable bonds is 5. The monoisotopic (exact) mass is 301 g/mol. The summed E-state index contributed by atoms with van der Waals surface area (Å²) in [5, 5.41) is 6.97. The molecule has 1 atom stereocenters. The summed E-state index contributed by atoms with van der Waals surface area (Å²) in [7, 11) is 1.83. The third-order valence-corrected chi connectivity index (χ3v) is 4.18. The number of carbonyl (C=O) groups excluding carboxylic acids is 1. The zero-order valence-electron chi connectivity index (χ0n) is 12.8. The highest BCUT2D eigenvalue weighted by atomic mass is 19.1. The van der Waals surface area contributed by atoms with Gasteiger partial charge in [0.1, 0.15) is 5.82 Å². The number of nitrogens with one attached hydrogen (secondary N) is 1. The topological polar surface area (TPSA) is 49.0 Å². The van der Waals surface area contributed by atoms with E-state index in [1.807, 2.05) is 20.0 Å². The lowest BCUT2D eigenvalue weighted by Gasteiger charge is -2.28. The number of aryl methyl sites for hydroxylation is 1. The van der Waals surface area contributed by atoms with Gasteiger partial charge in [-0.1, -0.05) is 12.1 Å². The van der Waals surface area contributed by atoms with E-state index >= 15 is 0 Å². The SMILES string of the molecule is Cc1cc(CC(=O)N(C)[C@@H](c2ccc(F)cc2)C2CC2)n[nH]1. The summed E-state index contributed by atoms with van der Waals surface area (Å²) >= 11 is 0. The highest BCUT2D eigenvalue weighted by Gasteiger charge is 2.36. The summed E-state index contributed by atoms with van der Waals surface area (Å²) in [5.41, 5.74) is 2.70. The number of H-pyrrole nitrogens is 1. The minimum absolute atomic E-state index is 0.0214. The molecule has 5 heteroatoms. The summed E-state index contributed by atoms with van der Waals surface area (Å²) in [6.45, 7) is 1.91. The van der Waals surface area contributed by atoms with Gasteiger partial charge in [-0.25, -0.2) is 4.39 Å². The number of aromatic nitrogens is 2. The molecule has 1 heterocycles. The number of amides is 1. The minimum Gasteiger partial charge on any atom is -0.338 e. The Morgan fingerprint density at radius 2 is 2.09 bits per heavy atom. The van der Waals surface area contributed by atoms with Crippen molar-refractivity contribution >= 4 is 5.91 Å². The summed E-state index contributed by atoms with van der Waals surface area (Å²) < 4.78 is 13.1. The molecule has 116 valence electrons. The van der Waals surface area contributed by atoms with Crippen LogP contribution in [0, 0.1) is 18.7 Å². The van der Waals surface area contributed by atoms with Crippen molar-refractivity contribution < 1.29 is 9.18 Å². The van der Waals surface area contributed by atoms with Gasteiger partial charge in [-0.15, -0.1) is 0 Å². The molecule has 22 heavy (non-hydrogen) atoms. The number of likely N-dealkylation sites (N-methyl/N-ethyl adjacent to an activating group) is 1. The second kappa shape index (κ2) is 5.91. The molecular formula is C17H20FN3O.